The number of halogens is 1. The van der Waals surface area contributed by atoms with Crippen molar-refractivity contribution in [3.63, 3.8) is 0 Å². The Labute approximate surface area is 91.8 Å². The second kappa shape index (κ2) is 4.09. The topological polar surface area (TPSA) is 12.9 Å². The van der Waals surface area contributed by atoms with E-state index >= 15 is 0 Å². The van der Waals surface area contributed by atoms with Crippen molar-refractivity contribution in [2.75, 3.05) is 0 Å². The van der Waals surface area contributed by atoms with Gasteiger partial charge in [-0.2, -0.15) is 4.37 Å². The van der Waals surface area contributed by atoms with E-state index in [9.17, 15) is 0 Å². The van der Waals surface area contributed by atoms with E-state index in [-0.39, 0.29) is 0 Å². The standard InChI is InChI=1S/C10H14BrNS/c1-7-6-10(13-12-7)8-4-2-3-5-9(8)11/h6,8-9H,2-5H2,1H3. The van der Waals surface area contributed by atoms with Crippen molar-refractivity contribution >= 4 is 27.5 Å². The van der Waals surface area contributed by atoms with Gasteiger partial charge in [-0.25, -0.2) is 0 Å². The Morgan fingerprint density at radius 1 is 1.46 bits per heavy atom. The zero-order valence-electron chi connectivity index (χ0n) is 7.79. The van der Waals surface area contributed by atoms with Crippen LogP contribution >= 0.6 is 27.5 Å². The first-order chi connectivity index (χ1) is 6.27. The maximum atomic E-state index is 4.35. The average Bonchev–Trinajstić information content (AvgIpc) is 2.53. The third kappa shape index (κ3) is 2.13. The molecule has 3 heteroatoms. The molecule has 1 nitrogen and oxygen atoms in total. The summed E-state index contributed by atoms with van der Waals surface area (Å²) in [6.45, 7) is 2.08. The molecule has 1 aliphatic rings. The molecule has 1 saturated carbocycles. The summed E-state index contributed by atoms with van der Waals surface area (Å²) in [4.78, 5) is 2.15. The van der Waals surface area contributed by atoms with Crippen LogP contribution in [-0.4, -0.2) is 9.20 Å². The fourth-order valence-electron chi connectivity index (χ4n) is 1.96. The van der Waals surface area contributed by atoms with Gasteiger partial charge in [-0.15, -0.1) is 0 Å². The van der Waals surface area contributed by atoms with Crippen LogP contribution in [0, 0.1) is 6.92 Å². The molecule has 0 N–H and O–H groups in total. The minimum absolute atomic E-state index is 0.682. The van der Waals surface area contributed by atoms with E-state index in [0.717, 1.165) is 5.92 Å². The normalized spacial score (nSPS) is 29.1. The summed E-state index contributed by atoms with van der Waals surface area (Å²) in [6.07, 6.45) is 5.41. The first-order valence-electron chi connectivity index (χ1n) is 4.84. The Kier molecular flexibility index (Phi) is 3.04. The Bertz CT molecular complexity index is 284. The fourth-order valence-corrected chi connectivity index (χ4v) is 3.95. The molecule has 2 rings (SSSR count). The molecule has 1 aromatic heterocycles. The van der Waals surface area contributed by atoms with E-state index in [4.69, 9.17) is 0 Å². The summed E-state index contributed by atoms with van der Waals surface area (Å²) in [5.74, 6) is 0.722. The van der Waals surface area contributed by atoms with E-state index in [0.29, 0.717) is 4.83 Å². The van der Waals surface area contributed by atoms with Crippen LogP contribution in [0.5, 0.6) is 0 Å². The van der Waals surface area contributed by atoms with Gasteiger partial charge < -0.3 is 0 Å². The minimum atomic E-state index is 0.682. The molecule has 13 heavy (non-hydrogen) atoms. The van der Waals surface area contributed by atoms with Crippen molar-refractivity contribution < 1.29 is 0 Å². The highest BCUT2D eigenvalue weighted by atomic mass is 79.9. The largest absolute Gasteiger partial charge is 0.198 e. The molecule has 1 heterocycles. The molecule has 2 unspecified atom stereocenters. The van der Waals surface area contributed by atoms with Crippen LogP contribution in [0.3, 0.4) is 0 Å². The zero-order valence-corrected chi connectivity index (χ0v) is 10.2. The minimum Gasteiger partial charge on any atom is -0.198 e. The van der Waals surface area contributed by atoms with Crippen molar-refractivity contribution in [3.8, 4) is 0 Å². The molecule has 0 aliphatic heterocycles. The monoisotopic (exact) mass is 259 g/mol. The van der Waals surface area contributed by atoms with E-state index < -0.39 is 0 Å². The van der Waals surface area contributed by atoms with Crippen molar-refractivity contribution in [1.29, 1.82) is 0 Å². The van der Waals surface area contributed by atoms with Gasteiger partial charge in [0, 0.05) is 15.6 Å². The molecule has 0 aromatic carbocycles. The van der Waals surface area contributed by atoms with Crippen LogP contribution in [0.15, 0.2) is 6.07 Å². The van der Waals surface area contributed by atoms with Crippen LogP contribution in [0.1, 0.15) is 42.2 Å². The van der Waals surface area contributed by atoms with Crippen LogP contribution < -0.4 is 0 Å². The number of nitrogens with zero attached hydrogens (tertiary/aromatic N) is 1. The van der Waals surface area contributed by atoms with Crippen molar-refractivity contribution in [3.05, 3.63) is 16.6 Å². The van der Waals surface area contributed by atoms with Gasteiger partial charge in [0.05, 0.1) is 5.69 Å². The number of alkyl halides is 1. The molecule has 1 fully saturated rings. The second-order valence-corrected chi connectivity index (χ2v) is 5.79. The molecule has 1 aromatic rings. The summed E-state index contributed by atoms with van der Waals surface area (Å²) < 4.78 is 4.35. The number of rotatable bonds is 1. The fraction of sp³-hybridized carbons (Fsp3) is 0.700. The van der Waals surface area contributed by atoms with Gasteiger partial charge in [0.25, 0.3) is 0 Å². The van der Waals surface area contributed by atoms with Gasteiger partial charge in [0.2, 0.25) is 0 Å². The highest BCUT2D eigenvalue weighted by molar-refractivity contribution is 9.09. The predicted octanol–water partition coefficient (Wildman–Crippen LogP) is 3.87. The summed E-state index contributed by atoms with van der Waals surface area (Å²) >= 11 is 5.46. The first-order valence-corrected chi connectivity index (χ1v) is 6.53. The smallest absolute Gasteiger partial charge is 0.0514 e. The summed E-state index contributed by atoms with van der Waals surface area (Å²) in [5, 5.41) is 0. The number of hydrogen-bond acceptors (Lipinski definition) is 2. The van der Waals surface area contributed by atoms with E-state index in [2.05, 4.69) is 33.3 Å². The molecular weight excluding hydrogens is 246 g/mol. The van der Waals surface area contributed by atoms with Gasteiger partial charge in [-0.1, -0.05) is 28.8 Å². The predicted molar refractivity (Wildman–Crippen MR) is 60.8 cm³/mol. The lowest BCUT2D eigenvalue weighted by Gasteiger charge is -2.25. The van der Waals surface area contributed by atoms with E-state index in [1.54, 1.807) is 11.5 Å². The maximum Gasteiger partial charge on any atom is 0.0514 e. The molecule has 0 saturated heterocycles. The van der Waals surface area contributed by atoms with E-state index in [1.807, 2.05) is 0 Å². The molecule has 0 spiro atoms. The van der Waals surface area contributed by atoms with Crippen molar-refractivity contribution in [2.45, 2.75) is 43.4 Å². The zero-order chi connectivity index (χ0) is 9.26. The molecular formula is C10H14BrNS. The number of aryl methyl sites for hydroxylation is 1. The third-order valence-corrected chi connectivity index (χ3v) is 4.80. The molecule has 0 bridgehead atoms. The summed E-state index contributed by atoms with van der Waals surface area (Å²) in [7, 11) is 0. The maximum absolute atomic E-state index is 4.35. The summed E-state index contributed by atoms with van der Waals surface area (Å²) in [5.41, 5.74) is 1.17. The van der Waals surface area contributed by atoms with Crippen LogP contribution in [0.25, 0.3) is 0 Å². The number of hydrogen-bond donors (Lipinski definition) is 0. The lowest BCUT2D eigenvalue weighted by atomic mass is 9.88. The molecule has 0 radical (unpaired) electrons. The van der Waals surface area contributed by atoms with Crippen molar-refractivity contribution in [1.82, 2.24) is 4.37 Å². The quantitative estimate of drug-likeness (QED) is 0.698. The van der Waals surface area contributed by atoms with Crippen LogP contribution in [-0.2, 0) is 0 Å². The molecule has 72 valence electrons. The first kappa shape index (κ1) is 9.66. The molecule has 2 atom stereocenters. The van der Waals surface area contributed by atoms with Gasteiger partial charge in [0.1, 0.15) is 0 Å². The molecule has 0 amide bonds. The lowest BCUT2D eigenvalue weighted by Crippen LogP contribution is -2.16. The van der Waals surface area contributed by atoms with Crippen LogP contribution in [0.4, 0.5) is 0 Å². The van der Waals surface area contributed by atoms with E-state index in [1.165, 1.54) is 36.3 Å². The summed E-state index contributed by atoms with van der Waals surface area (Å²) in [6, 6.07) is 2.24. The Balaban J connectivity index is 2.14. The average molecular weight is 260 g/mol. The lowest BCUT2D eigenvalue weighted by molar-refractivity contribution is 0.465. The van der Waals surface area contributed by atoms with Gasteiger partial charge >= 0.3 is 0 Å². The highest BCUT2D eigenvalue weighted by Gasteiger charge is 2.25. The Morgan fingerprint density at radius 2 is 2.23 bits per heavy atom. The van der Waals surface area contributed by atoms with Crippen molar-refractivity contribution in [2.24, 2.45) is 0 Å². The second-order valence-electron chi connectivity index (χ2n) is 3.78. The SMILES string of the molecule is Cc1cc(C2CCCCC2Br)sn1. The Hall–Kier alpha value is 0.110. The number of aromatic nitrogens is 1. The van der Waals surface area contributed by atoms with Gasteiger partial charge in [0.15, 0.2) is 0 Å². The highest BCUT2D eigenvalue weighted by Crippen LogP contribution is 2.39. The Morgan fingerprint density at radius 3 is 2.85 bits per heavy atom. The molecule has 1 aliphatic carbocycles. The third-order valence-electron chi connectivity index (χ3n) is 2.69. The van der Waals surface area contributed by atoms with Crippen LogP contribution in [0.2, 0.25) is 0 Å². The van der Waals surface area contributed by atoms with Gasteiger partial charge in [-0.05, 0) is 37.4 Å². The van der Waals surface area contributed by atoms with Gasteiger partial charge in [-0.3, -0.25) is 0 Å².